The predicted octanol–water partition coefficient (Wildman–Crippen LogP) is 7.51. The quantitative estimate of drug-likeness (QED) is 0.319. The summed E-state index contributed by atoms with van der Waals surface area (Å²) in [6.45, 7) is 15.9. The molecule has 188 valence electrons. The number of ether oxygens (including phenoxy) is 1. The minimum atomic E-state index is -0.294. The van der Waals surface area contributed by atoms with Crippen LogP contribution in [0.2, 0.25) is 0 Å². The van der Waals surface area contributed by atoms with Crippen LogP contribution >= 0.6 is 0 Å². The number of hydrogen-bond donors (Lipinski definition) is 2. The van der Waals surface area contributed by atoms with Crippen LogP contribution in [0.15, 0.2) is 54.6 Å². The first kappa shape index (κ1) is 26.6. The average Bonchev–Trinajstić information content (AvgIpc) is 2.86. The predicted molar refractivity (Wildman–Crippen MR) is 146 cm³/mol. The first-order chi connectivity index (χ1) is 16.5. The second-order valence-corrected chi connectivity index (χ2v) is 10.8. The molecule has 0 heterocycles. The summed E-state index contributed by atoms with van der Waals surface area (Å²) in [7, 11) is 0. The zero-order valence-electron chi connectivity index (χ0n) is 22.4. The summed E-state index contributed by atoms with van der Waals surface area (Å²) in [5, 5.41) is 15.3. The molecule has 0 fully saturated rings. The zero-order chi connectivity index (χ0) is 25.8. The van der Waals surface area contributed by atoms with E-state index in [4.69, 9.17) is 4.74 Å². The summed E-state index contributed by atoms with van der Waals surface area (Å²) in [6, 6.07) is 17.4. The number of aromatic hydroxyl groups is 1. The van der Waals surface area contributed by atoms with E-state index in [0.717, 1.165) is 24.0 Å². The van der Waals surface area contributed by atoms with Crippen LogP contribution in [-0.2, 0) is 10.8 Å². The van der Waals surface area contributed by atoms with E-state index in [9.17, 15) is 9.90 Å². The summed E-state index contributed by atoms with van der Waals surface area (Å²) >= 11 is 0. The number of carbonyl (C=O) groups is 1. The standard InChI is InChI=1S/C31H41NO3/c1-8-23(32-29(34)25-17-15-21-13-11-12-14-24(21)28(25)33)20-35-27-18-16-22(30(4,5)9-2)19-26(27)31(6,7)10-3/h11-19,23,33H,8-10,20H2,1-7H3,(H,32,34). The van der Waals surface area contributed by atoms with E-state index in [-0.39, 0.29) is 34.1 Å². The number of hydrogen-bond acceptors (Lipinski definition) is 3. The third-order valence-corrected chi connectivity index (χ3v) is 7.67. The Kier molecular flexibility index (Phi) is 8.15. The molecule has 0 aliphatic carbocycles. The average molecular weight is 476 g/mol. The number of fused-ring (bicyclic) bond motifs is 1. The van der Waals surface area contributed by atoms with E-state index in [1.807, 2.05) is 37.3 Å². The SMILES string of the molecule is CCC(COc1ccc(C(C)(C)CC)cc1C(C)(C)CC)NC(=O)c1ccc2ccccc2c1O. The summed E-state index contributed by atoms with van der Waals surface area (Å²) < 4.78 is 6.34. The van der Waals surface area contributed by atoms with Gasteiger partial charge in [-0.1, -0.05) is 90.9 Å². The Labute approximate surface area is 210 Å². The van der Waals surface area contributed by atoms with Crippen LogP contribution in [0.5, 0.6) is 11.5 Å². The van der Waals surface area contributed by atoms with E-state index >= 15 is 0 Å². The van der Waals surface area contributed by atoms with Crippen LogP contribution in [0.4, 0.5) is 0 Å². The van der Waals surface area contributed by atoms with Crippen molar-refractivity contribution in [1.29, 1.82) is 0 Å². The van der Waals surface area contributed by atoms with Crippen LogP contribution in [-0.4, -0.2) is 23.7 Å². The van der Waals surface area contributed by atoms with E-state index in [1.54, 1.807) is 6.07 Å². The van der Waals surface area contributed by atoms with Crippen molar-refractivity contribution in [3.63, 3.8) is 0 Å². The maximum absolute atomic E-state index is 13.0. The molecule has 0 aliphatic rings. The Morgan fingerprint density at radius 2 is 1.63 bits per heavy atom. The van der Waals surface area contributed by atoms with Crippen LogP contribution in [0.3, 0.4) is 0 Å². The Morgan fingerprint density at radius 3 is 2.29 bits per heavy atom. The van der Waals surface area contributed by atoms with Crippen molar-refractivity contribution < 1.29 is 14.6 Å². The van der Waals surface area contributed by atoms with Crippen molar-refractivity contribution in [2.45, 2.75) is 84.6 Å². The molecule has 1 amide bonds. The molecule has 4 heteroatoms. The van der Waals surface area contributed by atoms with Crippen LogP contribution in [0, 0.1) is 0 Å². The van der Waals surface area contributed by atoms with Gasteiger partial charge in [-0.25, -0.2) is 0 Å². The Morgan fingerprint density at radius 1 is 0.943 bits per heavy atom. The number of phenols is 1. The minimum absolute atomic E-state index is 0.0116. The van der Waals surface area contributed by atoms with Gasteiger partial charge in [-0.3, -0.25) is 4.79 Å². The summed E-state index contributed by atoms with van der Waals surface area (Å²) in [5.74, 6) is 0.587. The maximum Gasteiger partial charge on any atom is 0.255 e. The monoisotopic (exact) mass is 475 g/mol. The maximum atomic E-state index is 13.0. The molecule has 3 aromatic carbocycles. The van der Waals surface area contributed by atoms with Crippen LogP contribution in [0.25, 0.3) is 10.8 Å². The molecular formula is C31H41NO3. The second kappa shape index (κ2) is 10.7. The van der Waals surface area contributed by atoms with Gasteiger partial charge in [0.05, 0.1) is 11.6 Å². The lowest BCUT2D eigenvalue weighted by Gasteiger charge is -2.31. The fraction of sp³-hybridized carbons (Fsp3) is 0.452. The van der Waals surface area contributed by atoms with Gasteiger partial charge < -0.3 is 15.2 Å². The van der Waals surface area contributed by atoms with Gasteiger partial charge in [-0.15, -0.1) is 0 Å². The molecule has 0 saturated heterocycles. The molecule has 0 aromatic heterocycles. The van der Waals surface area contributed by atoms with Crippen molar-refractivity contribution in [2.75, 3.05) is 6.61 Å². The van der Waals surface area contributed by atoms with Gasteiger partial charge in [0, 0.05) is 10.9 Å². The minimum Gasteiger partial charge on any atom is -0.506 e. The third-order valence-electron chi connectivity index (χ3n) is 7.67. The lowest BCUT2D eigenvalue weighted by molar-refractivity contribution is 0.0917. The van der Waals surface area contributed by atoms with Gasteiger partial charge in [-0.05, 0) is 53.2 Å². The number of carbonyl (C=O) groups excluding carboxylic acids is 1. The molecule has 3 aromatic rings. The van der Waals surface area contributed by atoms with E-state index in [1.165, 1.54) is 11.1 Å². The number of amides is 1. The Bertz CT molecular complexity index is 1180. The summed E-state index contributed by atoms with van der Waals surface area (Å²) in [6.07, 6.45) is 2.77. The highest BCUT2D eigenvalue weighted by molar-refractivity contribution is 6.03. The van der Waals surface area contributed by atoms with Crippen molar-refractivity contribution in [3.05, 3.63) is 71.3 Å². The third kappa shape index (κ3) is 5.80. The van der Waals surface area contributed by atoms with Crippen LogP contribution < -0.4 is 10.1 Å². The topological polar surface area (TPSA) is 58.6 Å². The Hall–Kier alpha value is -3.01. The van der Waals surface area contributed by atoms with Gasteiger partial charge in [0.1, 0.15) is 18.1 Å². The lowest BCUT2D eigenvalue weighted by atomic mass is 9.76. The summed E-state index contributed by atoms with van der Waals surface area (Å²) in [5.41, 5.74) is 2.86. The number of rotatable bonds is 10. The van der Waals surface area contributed by atoms with Crippen LogP contribution in [0.1, 0.15) is 89.2 Å². The van der Waals surface area contributed by atoms with Crippen molar-refractivity contribution in [3.8, 4) is 11.5 Å². The first-order valence-corrected chi connectivity index (χ1v) is 12.8. The van der Waals surface area contributed by atoms with Gasteiger partial charge in [-0.2, -0.15) is 0 Å². The number of phenolic OH excluding ortho intramolecular Hbond substituents is 1. The molecule has 0 bridgehead atoms. The van der Waals surface area contributed by atoms with E-state index in [2.05, 4.69) is 65.1 Å². The molecule has 1 unspecified atom stereocenters. The van der Waals surface area contributed by atoms with Gasteiger partial charge in [0.15, 0.2) is 0 Å². The highest BCUT2D eigenvalue weighted by Crippen LogP contribution is 2.38. The fourth-order valence-electron chi connectivity index (χ4n) is 4.15. The molecule has 0 radical (unpaired) electrons. The fourth-order valence-corrected chi connectivity index (χ4v) is 4.15. The highest BCUT2D eigenvalue weighted by Gasteiger charge is 2.27. The molecule has 3 rings (SSSR count). The Balaban J connectivity index is 1.80. The highest BCUT2D eigenvalue weighted by atomic mass is 16.5. The largest absolute Gasteiger partial charge is 0.506 e. The molecule has 0 aliphatic heterocycles. The van der Waals surface area contributed by atoms with Crippen molar-refractivity contribution >= 4 is 16.7 Å². The normalized spacial score (nSPS) is 13.0. The zero-order valence-corrected chi connectivity index (χ0v) is 22.4. The molecule has 2 N–H and O–H groups in total. The van der Waals surface area contributed by atoms with E-state index < -0.39 is 0 Å². The van der Waals surface area contributed by atoms with Crippen molar-refractivity contribution in [2.24, 2.45) is 0 Å². The molecule has 1 atom stereocenters. The second-order valence-electron chi connectivity index (χ2n) is 10.8. The lowest BCUT2D eigenvalue weighted by Crippen LogP contribution is -2.39. The molecule has 35 heavy (non-hydrogen) atoms. The summed E-state index contributed by atoms with van der Waals surface area (Å²) in [4.78, 5) is 13.0. The van der Waals surface area contributed by atoms with Gasteiger partial charge in [0.2, 0.25) is 0 Å². The van der Waals surface area contributed by atoms with Crippen molar-refractivity contribution in [1.82, 2.24) is 5.32 Å². The number of benzene rings is 3. The van der Waals surface area contributed by atoms with E-state index in [0.29, 0.717) is 18.4 Å². The van der Waals surface area contributed by atoms with Gasteiger partial charge in [0.25, 0.3) is 5.91 Å². The molecule has 0 saturated carbocycles. The smallest absolute Gasteiger partial charge is 0.255 e. The molecule has 4 nitrogen and oxygen atoms in total. The number of nitrogens with one attached hydrogen (secondary N) is 1. The van der Waals surface area contributed by atoms with Gasteiger partial charge >= 0.3 is 0 Å². The first-order valence-electron chi connectivity index (χ1n) is 12.8. The molecular weight excluding hydrogens is 434 g/mol. The molecule has 0 spiro atoms.